The van der Waals surface area contributed by atoms with Gasteiger partial charge in [0.25, 0.3) is 0 Å². The number of rotatable bonds is 3. The monoisotopic (exact) mass is 307 g/mol. The summed E-state index contributed by atoms with van der Waals surface area (Å²) < 4.78 is 27.0. The van der Waals surface area contributed by atoms with Crippen molar-refractivity contribution in [3.8, 4) is 0 Å². The molecule has 1 aliphatic heterocycles. The minimum atomic E-state index is -3.62. The number of hydrogen-bond acceptors (Lipinski definition) is 5. The molecule has 0 aliphatic carbocycles. The topological polar surface area (TPSA) is 96.5 Å². The van der Waals surface area contributed by atoms with Crippen molar-refractivity contribution < 1.29 is 13.5 Å². The fourth-order valence-electron chi connectivity index (χ4n) is 2.68. The summed E-state index contributed by atoms with van der Waals surface area (Å²) in [6.45, 7) is 0.774. The minimum Gasteiger partial charge on any atom is -0.398 e. The van der Waals surface area contributed by atoms with E-state index in [1.807, 2.05) is 0 Å². The first-order chi connectivity index (χ1) is 10.0. The van der Waals surface area contributed by atoms with E-state index in [4.69, 9.17) is 5.73 Å². The maximum atomic E-state index is 12.8. The van der Waals surface area contributed by atoms with Crippen LogP contribution in [-0.2, 0) is 10.0 Å². The zero-order valence-corrected chi connectivity index (χ0v) is 12.3. The molecule has 1 aromatic carbocycles. The molecule has 1 saturated heterocycles. The highest BCUT2D eigenvalue weighted by Gasteiger charge is 2.33. The fourth-order valence-corrected chi connectivity index (χ4v) is 4.36. The van der Waals surface area contributed by atoms with Crippen LogP contribution in [0.5, 0.6) is 0 Å². The Morgan fingerprint density at radius 3 is 2.90 bits per heavy atom. The van der Waals surface area contributed by atoms with Gasteiger partial charge in [0, 0.05) is 37.0 Å². The van der Waals surface area contributed by atoms with Gasteiger partial charge in [0.05, 0.1) is 5.52 Å². The van der Waals surface area contributed by atoms with Crippen LogP contribution >= 0.6 is 0 Å². The average molecular weight is 307 g/mol. The van der Waals surface area contributed by atoms with Crippen LogP contribution in [0, 0.1) is 5.92 Å². The number of anilines is 1. The highest BCUT2D eigenvalue weighted by molar-refractivity contribution is 7.89. The second-order valence-corrected chi connectivity index (χ2v) is 7.16. The van der Waals surface area contributed by atoms with Gasteiger partial charge in [0.1, 0.15) is 4.90 Å². The lowest BCUT2D eigenvalue weighted by Gasteiger charge is -2.17. The van der Waals surface area contributed by atoms with E-state index in [2.05, 4.69) is 4.98 Å². The van der Waals surface area contributed by atoms with Gasteiger partial charge in [-0.2, -0.15) is 4.31 Å². The number of aromatic nitrogens is 1. The normalized spacial score (nSPS) is 20.1. The number of aliphatic hydroxyl groups is 1. The molecule has 3 N–H and O–H groups in total. The summed E-state index contributed by atoms with van der Waals surface area (Å²) in [6.07, 6.45) is 2.23. The van der Waals surface area contributed by atoms with Crippen molar-refractivity contribution in [3.05, 3.63) is 30.5 Å². The fraction of sp³-hybridized carbons (Fsp3) is 0.357. The van der Waals surface area contributed by atoms with E-state index in [0.29, 0.717) is 36.1 Å². The van der Waals surface area contributed by atoms with Crippen molar-refractivity contribution in [1.82, 2.24) is 9.29 Å². The van der Waals surface area contributed by atoms with Crippen LogP contribution in [0.3, 0.4) is 0 Å². The number of benzene rings is 1. The smallest absolute Gasteiger partial charge is 0.245 e. The Morgan fingerprint density at radius 1 is 1.38 bits per heavy atom. The van der Waals surface area contributed by atoms with Gasteiger partial charge in [-0.05, 0) is 36.6 Å². The number of hydrogen-bond donors (Lipinski definition) is 2. The molecule has 1 atom stereocenters. The number of nitrogen functional groups attached to an aromatic ring is 1. The first-order valence-corrected chi connectivity index (χ1v) is 8.22. The first kappa shape index (κ1) is 14.2. The van der Waals surface area contributed by atoms with E-state index in [9.17, 15) is 13.5 Å². The third kappa shape index (κ3) is 2.37. The maximum Gasteiger partial charge on any atom is 0.245 e. The molecule has 1 fully saturated rings. The molecule has 21 heavy (non-hydrogen) atoms. The molecule has 7 heteroatoms. The number of nitrogens with zero attached hydrogens (tertiary/aromatic N) is 2. The molecule has 0 saturated carbocycles. The number of sulfonamides is 1. The van der Waals surface area contributed by atoms with Crippen molar-refractivity contribution >= 4 is 26.6 Å². The molecule has 3 rings (SSSR count). The molecule has 2 aromatic rings. The van der Waals surface area contributed by atoms with Crippen LogP contribution < -0.4 is 5.73 Å². The quantitative estimate of drug-likeness (QED) is 0.818. The summed E-state index contributed by atoms with van der Waals surface area (Å²) >= 11 is 0. The largest absolute Gasteiger partial charge is 0.398 e. The molecule has 0 amide bonds. The molecule has 0 bridgehead atoms. The lowest BCUT2D eigenvalue weighted by molar-refractivity contribution is 0.233. The van der Waals surface area contributed by atoms with E-state index in [-0.39, 0.29) is 17.4 Å². The zero-order valence-electron chi connectivity index (χ0n) is 11.4. The van der Waals surface area contributed by atoms with Crippen LogP contribution in [-0.4, -0.2) is 42.5 Å². The van der Waals surface area contributed by atoms with Crippen molar-refractivity contribution in [3.63, 3.8) is 0 Å². The Bertz CT molecular complexity index is 776. The summed E-state index contributed by atoms with van der Waals surface area (Å²) in [4.78, 5) is 4.36. The molecular formula is C14H17N3O3S. The van der Waals surface area contributed by atoms with Crippen molar-refractivity contribution in [2.75, 3.05) is 25.4 Å². The summed E-state index contributed by atoms with van der Waals surface area (Å²) in [7, 11) is -3.62. The van der Waals surface area contributed by atoms with Gasteiger partial charge < -0.3 is 10.8 Å². The van der Waals surface area contributed by atoms with E-state index < -0.39 is 10.0 Å². The number of fused-ring (bicyclic) bond motifs is 1. The van der Waals surface area contributed by atoms with Crippen LogP contribution in [0.15, 0.2) is 35.4 Å². The van der Waals surface area contributed by atoms with Gasteiger partial charge in [0.2, 0.25) is 10.0 Å². The van der Waals surface area contributed by atoms with E-state index in [1.54, 1.807) is 24.4 Å². The van der Waals surface area contributed by atoms with Crippen molar-refractivity contribution in [2.24, 2.45) is 5.92 Å². The molecular weight excluding hydrogens is 290 g/mol. The molecule has 1 unspecified atom stereocenters. The first-order valence-electron chi connectivity index (χ1n) is 6.78. The lowest BCUT2D eigenvalue weighted by atomic mass is 10.1. The minimum absolute atomic E-state index is 0.00670. The van der Waals surface area contributed by atoms with Crippen LogP contribution in [0.25, 0.3) is 10.9 Å². The van der Waals surface area contributed by atoms with Gasteiger partial charge in [-0.1, -0.05) is 0 Å². The summed E-state index contributed by atoms with van der Waals surface area (Å²) in [5.41, 5.74) is 6.78. The van der Waals surface area contributed by atoms with Gasteiger partial charge in [-0.15, -0.1) is 0 Å². The number of nitrogens with two attached hydrogens (primary N) is 1. The molecule has 6 nitrogen and oxygen atoms in total. The average Bonchev–Trinajstić information content (AvgIpc) is 2.97. The Balaban J connectivity index is 2.10. The van der Waals surface area contributed by atoms with Gasteiger partial charge >= 0.3 is 0 Å². The summed E-state index contributed by atoms with van der Waals surface area (Å²) in [5.74, 6) is 0.00720. The Hall–Kier alpha value is -1.70. The summed E-state index contributed by atoms with van der Waals surface area (Å²) in [6, 6.07) is 6.59. The molecule has 1 aliphatic rings. The predicted molar refractivity (Wildman–Crippen MR) is 80.1 cm³/mol. The third-order valence-electron chi connectivity index (χ3n) is 3.89. The van der Waals surface area contributed by atoms with Crippen LogP contribution in [0.1, 0.15) is 6.42 Å². The number of aliphatic hydroxyl groups excluding tert-OH is 1. The Labute approximate surface area is 123 Å². The second-order valence-electron chi connectivity index (χ2n) is 5.25. The molecule has 0 radical (unpaired) electrons. The zero-order chi connectivity index (χ0) is 15.0. The standard InChI is InChI=1S/C14H17N3O3S/c15-12-3-4-13(14-11(12)2-1-6-16-14)21(19,20)17-7-5-10(8-17)9-18/h1-4,6,10,18H,5,7-9,15H2. The summed E-state index contributed by atoms with van der Waals surface area (Å²) in [5, 5.41) is 9.81. The molecule has 1 aromatic heterocycles. The van der Waals surface area contributed by atoms with Crippen molar-refractivity contribution in [2.45, 2.75) is 11.3 Å². The Kier molecular flexibility index (Phi) is 3.56. The highest BCUT2D eigenvalue weighted by atomic mass is 32.2. The Morgan fingerprint density at radius 2 is 2.19 bits per heavy atom. The third-order valence-corrected chi connectivity index (χ3v) is 5.79. The predicted octanol–water partition coefficient (Wildman–Crippen LogP) is 0.820. The molecule has 0 spiro atoms. The number of pyridine rings is 1. The van der Waals surface area contributed by atoms with Crippen LogP contribution in [0.2, 0.25) is 0 Å². The van der Waals surface area contributed by atoms with Crippen LogP contribution in [0.4, 0.5) is 5.69 Å². The van der Waals surface area contributed by atoms with Crippen molar-refractivity contribution in [1.29, 1.82) is 0 Å². The van der Waals surface area contributed by atoms with E-state index >= 15 is 0 Å². The SMILES string of the molecule is Nc1ccc(S(=O)(=O)N2CCC(CO)C2)c2ncccc12. The van der Waals surface area contributed by atoms with E-state index in [1.165, 1.54) is 10.4 Å². The van der Waals surface area contributed by atoms with Gasteiger partial charge in [0.15, 0.2) is 0 Å². The van der Waals surface area contributed by atoms with E-state index in [0.717, 1.165) is 0 Å². The highest BCUT2D eigenvalue weighted by Crippen LogP contribution is 2.30. The van der Waals surface area contributed by atoms with Gasteiger partial charge in [-0.3, -0.25) is 4.98 Å². The van der Waals surface area contributed by atoms with Gasteiger partial charge in [-0.25, -0.2) is 8.42 Å². The molecule has 2 heterocycles. The maximum absolute atomic E-state index is 12.8. The lowest BCUT2D eigenvalue weighted by Crippen LogP contribution is -2.29. The molecule has 112 valence electrons. The second kappa shape index (κ2) is 5.25.